The van der Waals surface area contributed by atoms with Gasteiger partial charge in [0.05, 0.1) is 13.0 Å². The summed E-state index contributed by atoms with van der Waals surface area (Å²) in [6.07, 6.45) is 4.03. The molecule has 0 spiro atoms. The number of aliphatic carboxylic acids is 1. The van der Waals surface area contributed by atoms with E-state index in [9.17, 15) is 14.7 Å². The monoisotopic (exact) mass is 397 g/mol. The summed E-state index contributed by atoms with van der Waals surface area (Å²) in [4.78, 5) is 31.1. The van der Waals surface area contributed by atoms with Crippen LogP contribution in [0.2, 0.25) is 0 Å². The van der Waals surface area contributed by atoms with E-state index in [0.717, 1.165) is 11.1 Å². The Balaban J connectivity index is 1.89. The van der Waals surface area contributed by atoms with Crippen LogP contribution in [0.15, 0.2) is 48.8 Å². The van der Waals surface area contributed by atoms with Crippen LogP contribution >= 0.6 is 0 Å². The van der Waals surface area contributed by atoms with Gasteiger partial charge in [0.25, 0.3) is 0 Å². The Kier molecular flexibility index (Phi) is 6.17. The van der Waals surface area contributed by atoms with Crippen LogP contribution < -0.4 is 10.1 Å². The standard InChI is InChI=1S/C22H27N3O4/c1-4-22(21(27)28)13-18(20(26)24-14-15-9-11-23-12-10-15)19(25(22)2)16-5-7-17(29-3)8-6-16/h5-12,18-19H,4,13-14H2,1-3H3,(H,24,26)(H,27,28)/t18-,19-,22-/m0/s1. The Labute approximate surface area is 170 Å². The normalized spacial score (nSPS) is 24.2. The second-order valence-electron chi connectivity index (χ2n) is 7.40. The topological polar surface area (TPSA) is 91.8 Å². The van der Waals surface area contributed by atoms with Crippen molar-refractivity contribution in [3.63, 3.8) is 0 Å². The predicted molar refractivity (Wildman–Crippen MR) is 108 cm³/mol. The van der Waals surface area contributed by atoms with Crippen LogP contribution in [0, 0.1) is 5.92 Å². The fraction of sp³-hybridized carbons (Fsp3) is 0.409. The molecule has 1 aromatic carbocycles. The second kappa shape index (κ2) is 8.61. The van der Waals surface area contributed by atoms with Gasteiger partial charge in [0.15, 0.2) is 0 Å². The van der Waals surface area contributed by atoms with E-state index in [1.807, 2.05) is 48.2 Å². The number of nitrogens with zero attached hydrogens (tertiary/aromatic N) is 2. The van der Waals surface area contributed by atoms with E-state index in [1.165, 1.54) is 0 Å². The first kappa shape index (κ1) is 20.8. The Bertz CT molecular complexity index is 856. The number of likely N-dealkylation sites (tertiary alicyclic amines) is 1. The number of rotatable bonds is 7. The molecule has 1 fully saturated rings. The molecular weight excluding hydrogens is 370 g/mol. The van der Waals surface area contributed by atoms with E-state index in [1.54, 1.807) is 26.6 Å². The molecule has 154 valence electrons. The van der Waals surface area contributed by atoms with Gasteiger partial charge in [0, 0.05) is 25.0 Å². The van der Waals surface area contributed by atoms with Crippen molar-refractivity contribution in [2.75, 3.05) is 14.2 Å². The van der Waals surface area contributed by atoms with Crippen LogP contribution in [0.4, 0.5) is 0 Å². The molecular formula is C22H27N3O4. The number of amides is 1. The predicted octanol–water partition coefficient (Wildman–Crippen LogP) is 2.63. The van der Waals surface area contributed by atoms with Gasteiger partial charge in [-0.2, -0.15) is 0 Å². The molecule has 1 saturated heterocycles. The maximum Gasteiger partial charge on any atom is 0.324 e. The van der Waals surface area contributed by atoms with Gasteiger partial charge in [-0.15, -0.1) is 0 Å². The van der Waals surface area contributed by atoms with E-state index in [0.29, 0.717) is 18.7 Å². The molecule has 1 aliphatic heterocycles. The number of hydrogen-bond acceptors (Lipinski definition) is 5. The molecule has 0 saturated carbocycles. The molecule has 2 heterocycles. The minimum absolute atomic E-state index is 0.147. The van der Waals surface area contributed by atoms with Crippen molar-refractivity contribution >= 4 is 11.9 Å². The number of nitrogens with one attached hydrogen (secondary N) is 1. The first-order chi connectivity index (χ1) is 13.9. The smallest absolute Gasteiger partial charge is 0.324 e. The highest BCUT2D eigenvalue weighted by Crippen LogP contribution is 2.47. The van der Waals surface area contributed by atoms with Crippen molar-refractivity contribution in [1.82, 2.24) is 15.2 Å². The van der Waals surface area contributed by atoms with Crippen molar-refractivity contribution < 1.29 is 19.4 Å². The number of methoxy groups -OCH3 is 1. The van der Waals surface area contributed by atoms with Gasteiger partial charge in [-0.1, -0.05) is 19.1 Å². The molecule has 2 N–H and O–H groups in total. The number of likely N-dealkylation sites (N-methyl/N-ethyl adjacent to an activating group) is 1. The third kappa shape index (κ3) is 3.96. The summed E-state index contributed by atoms with van der Waals surface area (Å²) in [7, 11) is 3.39. The molecule has 0 unspecified atom stereocenters. The van der Waals surface area contributed by atoms with Gasteiger partial charge in [-0.05, 0) is 55.3 Å². The summed E-state index contributed by atoms with van der Waals surface area (Å²) in [5.74, 6) is -0.809. The zero-order valence-corrected chi connectivity index (χ0v) is 17.0. The first-order valence-electron chi connectivity index (χ1n) is 9.70. The number of carboxylic acid groups (broad SMARTS) is 1. The Morgan fingerprint density at radius 2 is 1.90 bits per heavy atom. The molecule has 0 aliphatic carbocycles. The summed E-state index contributed by atoms with van der Waals surface area (Å²) in [5, 5.41) is 13.0. The molecule has 0 bridgehead atoms. The lowest BCUT2D eigenvalue weighted by Crippen LogP contribution is -2.48. The van der Waals surface area contributed by atoms with Crippen LogP contribution in [0.5, 0.6) is 5.75 Å². The SMILES string of the molecule is CC[C@@]1(C(=O)O)C[C@H](C(=O)NCc2ccncc2)[C@H](c2ccc(OC)cc2)N1C. The number of carboxylic acids is 1. The zero-order chi connectivity index (χ0) is 21.0. The molecule has 1 amide bonds. The number of ether oxygens (including phenoxy) is 1. The number of aromatic nitrogens is 1. The second-order valence-corrected chi connectivity index (χ2v) is 7.40. The highest BCUT2D eigenvalue weighted by atomic mass is 16.5. The lowest BCUT2D eigenvalue weighted by atomic mass is 9.87. The summed E-state index contributed by atoms with van der Waals surface area (Å²) in [5.41, 5.74) is 0.762. The van der Waals surface area contributed by atoms with Crippen molar-refractivity contribution in [2.45, 2.75) is 37.9 Å². The molecule has 7 nitrogen and oxygen atoms in total. The number of pyridine rings is 1. The summed E-state index contributed by atoms with van der Waals surface area (Å²) < 4.78 is 5.23. The highest BCUT2D eigenvalue weighted by molar-refractivity contribution is 5.85. The average molecular weight is 397 g/mol. The highest BCUT2D eigenvalue weighted by Gasteiger charge is 2.56. The van der Waals surface area contributed by atoms with Crippen molar-refractivity contribution in [3.8, 4) is 5.75 Å². The van der Waals surface area contributed by atoms with E-state index < -0.39 is 17.4 Å². The average Bonchev–Trinajstić information content (AvgIpc) is 3.06. The molecule has 1 aliphatic rings. The number of benzene rings is 1. The largest absolute Gasteiger partial charge is 0.497 e. The molecule has 0 radical (unpaired) electrons. The van der Waals surface area contributed by atoms with Crippen LogP contribution in [-0.4, -0.2) is 46.6 Å². The van der Waals surface area contributed by atoms with Crippen molar-refractivity contribution in [1.29, 1.82) is 0 Å². The van der Waals surface area contributed by atoms with E-state index in [-0.39, 0.29) is 18.4 Å². The molecule has 3 atom stereocenters. The third-order valence-electron chi connectivity index (χ3n) is 6.02. The van der Waals surface area contributed by atoms with Gasteiger partial charge in [-0.25, -0.2) is 0 Å². The molecule has 29 heavy (non-hydrogen) atoms. The Morgan fingerprint density at radius 1 is 1.24 bits per heavy atom. The maximum atomic E-state index is 13.1. The maximum absolute atomic E-state index is 13.1. The van der Waals surface area contributed by atoms with Crippen LogP contribution in [0.1, 0.15) is 36.9 Å². The van der Waals surface area contributed by atoms with Crippen LogP contribution in [0.3, 0.4) is 0 Å². The van der Waals surface area contributed by atoms with Gasteiger partial charge in [-0.3, -0.25) is 19.5 Å². The summed E-state index contributed by atoms with van der Waals surface area (Å²) >= 11 is 0. The molecule has 2 aromatic rings. The molecule has 1 aromatic heterocycles. The summed E-state index contributed by atoms with van der Waals surface area (Å²) in [6.45, 7) is 2.23. The Morgan fingerprint density at radius 3 is 2.45 bits per heavy atom. The molecule has 7 heteroatoms. The van der Waals surface area contributed by atoms with Crippen LogP contribution in [0.25, 0.3) is 0 Å². The quantitative estimate of drug-likeness (QED) is 0.746. The fourth-order valence-electron chi connectivity index (χ4n) is 4.25. The minimum atomic E-state index is -1.08. The van der Waals surface area contributed by atoms with Crippen LogP contribution in [-0.2, 0) is 16.1 Å². The van der Waals surface area contributed by atoms with E-state index in [4.69, 9.17) is 4.74 Å². The Hall–Kier alpha value is -2.93. The number of hydrogen-bond donors (Lipinski definition) is 2. The zero-order valence-electron chi connectivity index (χ0n) is 17.0. The minimum Gasteiger partial charge on any atom is -0.497 e. The van der Waals surface area contributed by atoms with Gasteiger partial charge in [0.1, 0.15) is 11.3 Å². The first-order valence-corrected chi connectivity index (χ1v) is 9.70. The lowest BCUT2D eigenvalue weighted by Gasteiger charge is -2.34. The van der Waals surface area contributed by atoms with Gasteiger partial charge < -0.3 is 15.2 Å². The summed E-state index contributed by atoms with van der Waals surface area (Å²) in [6, 6.07) is 10.8. The van der Waals surface area contributed by atoms with Crippen molar-refractivity contribution in [2.24, 2.45) is 5.92 Å². The third-order valence-corrected chi connectivity index (χ3v) is 6.02. The van der Waals surface area contributed by atoms with Gasteiger partial charge in [0.2, 0.25) is 5.91 Å². The number of carbonyl (C=O) groups is 2. The fourth-order valence-corrected chi connectivity index (χ4v) is 4.25. The van der Waals surface area contributed by atoms with E-state index in [2.05, 4.69) is 10.3 Å². The molecule has 3 rings (SSSR count). The lowest BCUT2D eigenvalue weighted by molar-refractivity contribution is -0.150. The van der Waals surface area contributed by atoms with E-state index >= 15 is 0 Å². The van der Waals surface area contributed by atoms with Crippen molar-refractivity contribution in [3.05, 3.63) is 59.9 Å². The number of carbonyl (C=O) groups excluding carboxylic acids is 1. The van der Waals surface area contributed by atoms with Gasteiger partial charge >= 0.3 is 5.97 Å².